The number of benzene rings is 2. The van der Waals surface area contributed by atoms with Gasteiger partial charge in [0.2, 0.25) is 0 Å². The molecule has 6 nitrogen and oxygen atoms in total. The van der Waals surface area contributed by atoms with Gasteiger partial charge in [-0.15, -0.1) is 0 Å². The summed E-state index contributed by atoms with van der Waals surface area (Å²) in [7, 11) is 0. The van der Waals surface area contributed by atoms with Crippen LogP contribution in [0.15, 0.2) is 53.3 Å². The highest BCUT2D eigenvalue weighted by molar-refractivity contribution is 7.80. The molecule has 0 aliphatic carbocycles. The number of ether oxygens (including phenoxy) is 1. The molecule has 3 aromatic rings. The molecule has 1 aromatic heterocycles. The summed E-state index contributed by atoms with van der Waals surface area (Å²) in [6, 6.07) is 16.4. The van der Waals surface area contributed by atoms with E-state index in [2.05, 4.69) is 51.3 Å². The van der Waals surface area contributed by atoms with Gasteiger partial charge in [0.1, 0.15) is 0 Å². The predicted octanol–water partition coefficient (Wildman–Crippen LogP) is 4.32. The van der Waals surface area contributed by atoms with Crippen molar-refractivity contribution in [3.8, 4) is 0 Å². The van der Waals surface area contributed by atoms with E-state index < -0.39 is 0 Å². The number of hydrogen-bond donors (Lipinski definition) is 2. The molecule has 0 atom stereocenters. The molecule has 1 saturated heterocycles. The third-order valence-electron chi connectivity index (χ3n) is 6.37. The molecule has 2 aromatic carbocycles. The Morgan fingerprint density at radius 1 is 1.15 bits per heavy atom. The van der Waals surface area contributed by atoms with Crippen molar-refractivity contribution in [2.24, 2.45) is 0 Å². The Morgan fingerprint density at radius 2 is 1.94 bits per heavy atom. The molecule has 7 heteroatoms. The molecule has 0 spiro atoms. The zero-order valence-electron chi connectivity index (χ0n) is 20.1. The first-order chi connectivity index (χ1) is 16.5. The summed E-state index contributed by atoms with van der Waals surface area (Å²) < 4.78 is 5.47. The third-order valence-corrected chi connectivity index (χ3v) is 6.73. The number of H-pyrrole nitrogens is 1. The molecule has 2 N–H and O–H groups in total. The lowest BCUT2D eigenvalue weighted by molar-refractivity contribution is 0.0367. The number of fused-ring (bicyclic) bond motifs is 1. The van der Waals surface area contributed by atoms with Gasteiger partial charge in [0.05, 0.1) is 19.8 Å². The van der Waals surface area contributed by atoms with Crippen LogP contribution in [0.5, 0.6) is 0 Å². The number of aromatic nitrogens is 1. The highest BCUT2D eigenvalue weighted by Gasteiger charge is 2.16. The van der Waals surface area contributed by atoms with E-state index in [4.69, 9.17) is 17.0 Å². The van der Waals surface area contributed by atoms with Crippen LogP contribution in [0.25, 0.3) is 10.9 Å². The lowest BCUT2D eigenvalue weighted by atomic mass is 10.1. The van der Waals surface area contributed by atoms with Crippen molar-refractivity contribution in [1.82, 2.24) is 14.8 Å². The van der Waals surface area contributed by atoms with Gasteiger partial charge in [-0.25, -0.2) is 0 Å². The van der Waals surface area contributed by atoms with Gasteiger partial charge in [0.15, 0.2) is 5.11 Å². The van der Waals surface area contributed by atoms with Crippen molar-refractivity contribution in [3.63, 3.8) is 0 Å². The number of thiocarbonyl (C=S) groups is 1. The monoisotopic (exact) mass is 478 g/mol. The molecular weight excluding hydrogens is 444 g/mol. The van der Waals surface area contributed by atoms with Crippen molar-refractivity contribution in [3.05, 3.63) is 75.6 Å². The number of aromatic amines is 1. The maximum Gasteiger partial charge on any atom is 0.253 e. The van der Waals surface area contributed by atoms with Crippen LogP contribution >= 0.6 is 12.2 Å². The summed E-state index contributed by atoms with van der Waals surface area (Å²) in [5.41, 5.74) is 4.89. The zero-order chi connectivity index (χ0) is 23.9. The zero-order valence-corrected chi connectivity index (χ0v) is 20.9. The Hall–Kier alpha value is -2.74. The first-order valence-corrected chi connectivity index (χ1v) is 12.5. The molecule has 0 amide bonds. The SMILES string of the molecule is CCc1ccccc1NC(=S)N(CCCN1CCOCC1)Cc1cc2ccc(C)cc2[nH]c1=O. The Morgan fingerprint density at radius 3 is 2.74 bits per heavy atom. The van der Waals surface area contributed by atoms with Crippen molar-refractivity contribution < 1.29 is 4.74 Å². The van der Waals surface area contributed by atoms with Crippen LogP contribution in [0.3, 0.4) is 0 Å². The Bertz CT molecular complexity index is 1190. The quantitative estimate of drug-likeness (QED) is 0.470. The maximum atomic E-state index is 12.9. The second-order valence-electron chi connectivity index (χ2n) is 8.88. The van der Waals surface area contributed by atoms with Gasteiger partial charge in [-0.1, -0.05) is 37.3 Å². The molecular formula is C27H34N4O2S. The topological polar surface area (TPSA) is 60.6 Å². The fraction of sp³-hybridized carbons (Fsp3) is 0.407. The van der Waals surface area contributed by atoms with E-state index in [0.717, 1.165) is 80.0 Å². The van der Waals surface area contributed by atoms with Crippen LogP contribution in [0, 0.1) is 6.92 Å². The average Bonchev–Trinajstić information content (AvgIpc) is 2.84. The smallest absolute Gasteiger partial charge is 0.253 e. The van der Waals surface area contributed by atoms with Gasteiger partial charge in [-0.05, 0) is 66.7 Å². The number of hydrogen-bond acceptors (Lipinski definition) is 4. The third kappa shape index (κ3) is 6.23. The lowest BCUT2D eigenvalue weighted by Crippen LogP contribution is -2.40. The molecule has 180 valence electrons. The summed E-state index contributed by atoms with van der Waals surface area (Å²) >= 11 is 5.86. The average molecular weight is 479 g/mol. The van der Waals surface area contributed by atoms with Gasteiger partial charge < -0.3 is 19.9 Å². The summed E-state index contributed by atoms with van der Waals surface area (Å²) in [4.78, 5) is 20.5. The fourth-order valence-corrected chi connectivity index (χ4v) is 4.66. The molecule has 1 aliphatic rings. The number of nitrogens with zero attached hydrogens (tertiary/aromatic N) is 2. The van der Waals surface area contributed by atoms with E-state index in [-0.39, 0.29) is 5.56 Å². The minimum Gasteiger partial charge on any atom is -0.379 e. The normalized spacial score (nSPS) is 14.3. The number of para-hydroxylation sites is 1. The van der Waals surface area contributed by atoms with Crippen molar-refractivity contribution in [1.29, 1.82) is 0 Å². The minimum atomic E-state index is -0.0620. The Kier molecular flexibility index (Phi) is 8.32. The molecule has 0 unspecified atom stereocenters. The van der Waals surface area contributed by atoms with Gasteiger partial charge in [0.25, 0.3) is 5.56 Å². The highest BCUT2D eigenvalue weighted by Crippen LogP contribution is 2.18. The second kappa shape index (κ2) is 11.6. The number of nitrogens with one attached hydrogen (secondary N) is 2. The molecule has 1 aliphatic heterocycles. The van der Waals surface area contributed by atoms with E-state index in [1.807, 2.05) is 31.2 Å². The number of pyridine rings is 1. The fourth-order valence-electron chi connectivity index (χ4n) is 4.39. The molecule has 0 saturated carbocycles. The van der Waals surface area contributed by atoms with Gasteiger partial charge in [0, 0.05) is 42.9 Å². The number of rotatable bonds is 8. The summed E-state index contributed by atoms with van der Waals surface area (Å²) in [5, 5.41) is 5.12. The molecule has 2 heterocycles. The summed E-state index contributed by atoms with van der Waals surface area (Å²) in [6.07, 6.45) is 1.88. The van der Waals surface area contributed by atoms with Crippen molar-refractivity contribution >= 4 is 33.9 Å². The lowest BCUT2D eigenvalue weighted by Gasteiger charge is -2.30. The van der Waals surface area contributed by atoms with Crippen LogP contribution in [0.4, 0.5) is 5.69 Å². The van der Waals surface area contributed by atoms with Crippen molar-refractivity contribution in [2.45, 2.75) is 33.2 Å². The van der Waals surface area contributed by atoms with E-state index in [9.17, 15) is 4.79 Å². The van der Waals surface area contributed by atoms with Gasteiger partial charge in [-0.3, -0.25) is 9.69 Å². The molecule has 4 rings (SSSR count). The largest absolute Gasteiger partial charge is 0.379 e. The van der Waals surface area contributed by atoms with Crippen LogP contribution in [-0.2, 0) is 17.7 Å². The Balaban J connectivity index is 1.53. The number of morpholine rings is 1. The van der Waals surface area contributed by atoms with E-state index in [1.165, 1.54) is 5.56 Å². The first-order valence-electron chi connectivity index (χ1n) is 12.1. The number of anilines is 1. The van der Waals surface area contributed by atoms with Crippen LogP contribution in [0.1, 0.15) is 30.0 Å². The minimum absolute atomic E-state index is 0.0620. The van der Waals surface area contributed by atoms with Crippen LogP contribution in [0.2, 0.25) is 0 Å². The first kappa shape index (κ1) is 24.4. The molecule has 34 heavy (non-hydrogen) atoms. The highest BCUT2D eigenvalue weighted by atomic mass is 32.1. The standard InChI is InChI=1S/C27H34N4O2S/c1-3-21-7-4-5-8-24(21)29-27(34)31(12-6-11-30-13-15-33-16-14-30)19-23-18-22-10-9-20(2)17-25(22)28-26(23)32/h4-5,7-10,17-18H,3,6,11-16,19H2,1-2H3,(H,28,32)(H,29,34). The van der Waals surface area contributed by atoms with E-state index >= 15 is 0 Å². The Labute approximate surface area is 206 Å². The maximum absolute atomic E-state index is 12.9. The van der Waals surface area contributed by atoms with Crippen LogP contribution < -0.4 is 10.9 Å². The summed E-state index contributed by atoms with van der Waals surface area (Å²) in [6.45, 7) is 9.91. The molecule has 0 radical (unpaired) electrons. The van der Waals surface area contributed by atoms with Gasteiger partial charge >= 0.3 is 0 Å². The molecule has 0 bridgehead atoms. The predicted molar refractivity (Wildman–Crippen MR) is 144 cm³/mol. The molecule has 1 fully saturated rings. The van der Waals surface area contributed by atoms with Crippen molar-refractivity contribution in [2.75, 3.05) is 44.7 Å². The second-order valence-corrected chi connectivity index (χ2v) is 9.27. The van der Waals surface area contributed by atoms with Gasteiger partial charge in [-0.2, -0.15) is 0 Å². The number of aryl methyl sites for hydroxylation is 2. The summed E-state index contributed by atoms with van der Waals surface area (Å²) in [5.74, 6) is 0. The van der Waals surface area contributed by atoms with E-state index in [1.54, 1.807) is 0 Å². The van der Waals surface area contributed by atoms with E-state index in [0.29, 0.717) is 11.7 Å². The van der Waals surface area contributed by atoms with Crippen LogP contribution in [-0.4, -0.2) is 59.3 Å².